The van der Waals surface area contributed by atoms with E-state index in [2.05, 4.69) is 0 Å². The molecular weight excluding hydrogens is 247 g/mol. The highest BCUT2D eigenvalue weighted by molar-refractivity contribution is 5.37. The molecule has 0 atom stereocenters. The molecule has 1 aliphatic carbocycles. The fourth-order valence-corrected chi connectivity index (χ4v) is 1.31. The number of nitro groups is 2. The smallest absolute Gasteiger partial charge is 0.398 e. The van der Waals surface area contributed by atoms with Crippen LogP contribution in [0, 0.1) is 20.2 Å². The molecule has 10 heteroatoms. The number of nitrogens with two attached hydrogens (primary N) is 1. The van der Waals surface area contributed by atoms with Crippen LogP contribution in [0.2, 0.25) is 0 Å². The van der Waals surface area contributed by atoms with Gasteiger partial charge in [-0.3, -0.25) is 20.2 Å². The quantitative estimate of drug-likeness (QED) is 0.447. The standard InChI is InChI=1S/C7H6F3N3O4/c8-7(9,10)4-3-6(12(14)15,13(16)17)2-1-5(4)11/h1,3H,2,11H2. The predicted octanol–water partition coefficient (Wildman–Crippen LogP) is 0.971. The molecule has 94 valence electrons. The number of alkyl halides is 3. The number of rotatable bonds is 2. The first kappa shape index (κ1) is 12.9. The van der Waals surface area contributed by atoms with Gasteiger partial charge in [0.25, 0.3) is 0 Å². The summed E-state index contributed by atoms with van der Waals surface area (Å²) in [5, 5.41) is 21.2. The van der Waals surface area contributed by atoms with Gasteiger partial charge >= 0.3 is 11.8 Å². The Hall–Kier alpha value is -2.13. The maximum Gasteiger partial charge on any atom is 0.482 e. The van der Waals surface area contributed by atoms with Gasteiger partial charge in [-0.15, -0.1) is 0 Å². The highest BCUT2D eigenvalue weighted by Crippen LogP contribution is 2.36. The van der Waals surface area contributed by atoms with Crippen LogP contribution >= 0.6 is 0 Å². The fraction of sp³-hybridized carbons (Fsp3) is 0.429. The molecule has 0 radical (unpaired) electrons. The van der Waals surface area contributed by atoms with Gasteiger partial charge in [-0.2, -0.15) is 13.2 Å². The Morgan fingerprint density at radius 1 is 1.29 bits per heavy atom. The molecule has 7 nitrogen and oxygen atoms in total. The Morgan fingerprint density at radius 3 is 2.12 bits per heavy atom. The van der Waals surface area contributed by atoms with Crippen LogP contribution in [-0.2, 0) is 0 Å². The predicted molar refractivity (Wildman–Crippen MR) is 47.7 cm³/mol. The third-order valence-electron chi connectivity index (χ3n) is 2.25. The van der Waals surface area contributed by atoms with Crippen molar-refractivity contribution in [2.24, 2.45) is 5.73 Å². The molecule has 0 fully saturated rings. The molecule has 0 spiro atoms. The lowest BCUT2D eigenvalue weighted by Gasteiger charge is -2.20. The number of nitrogens with zero attached hydrogens (tertiary/aromatic N) is 2. The first-order chi connectivity index (χ1) is 7.61. The summed E-state index contributed by atoms with van der Waals surface area (Å²) in [6.45, 7) is 0. The average Bonchev–Trinajstić information content (AvgIpc) is 2.15. The van der Waals surface area contributed by atoms with E-state index in [1.54, 1.807) is 0 Å². The Bertz CT molecular complexity index is 426. The molecule has 0 aromatic carbocycles. The molecule has 0 aromatic rings. The first-order valence-corrected chi connectivity index (χ1v) is 4.16. The Balaban J connectivity index is 3.38. The van der Waals surface area contributed by atoms with E-state index in [-0.39, 0.29) is 6.08 Å². The molecule has 1 rings (SSSR count). The molecule has 0 saturated heterocycles. The minimum atomic E-state index is -4.97. The van der Waals surface area contributed by atoms with Gasteiger partial charge in [-0.1, -0.05) is 0 Å². The molecule has 1 aliphatic rings. The molecule has 0 saturated carbocycles. The van der Waals surface area contributed by atoms with Gasteiger partial charge in [0.1, 0.15) is 16.3 Å². The first-order valence-electron chi connectivity index (χ1n) is 4.16. The topological polar surface area (TPSA) is 112 Å². The normalized spacial score (nSPS) is 19.2. The van der Waals surface area contributed by atoms with Gasteiger partial charge in [0.05, 0.1) is 11.6 Å². The van der Waals surface area contributed by atoms with Crippen LogP contribution in [-0.4, -0.2) is 21.7 Å². The third kappa shape index (κ3) is 2.05. The van der Waals surface area contributed by atoms with Crippen LogP contribution in [0.3, 0.4) is 0 Å². The number of hydrogen-bond donors (Lipinski definition) is 1. The van der Waals surface area contributed by atoms with E-state index in [0.717, 1.165) is 0 Å². The summed E-state index contributed by atoms with van der Waals surface area (Å²) in [5.41, 5.74) is -0.303. The zero-order chi connectivity index (χ0) is 13.4. The van der Waals surface area contributed by atoms with E-state index < -0.39 is 39.4 Å². The van der Waals surface area contributed by atoms with Crippen molar-refractivity contribution in [3.05, 3.63) is 43.7 Å². The highest BCUT2D eigenvalue weighted by atomic mass is 19.4. The van der Waals surface area contributed by atoms with Gasteiger partial charge in [0, 0.05) is 5.70 Å². The summed E-state index contributed by atoms with van der Waals surface area (Å²) in [6.07, 6.45) is -5.21. The molecule has 0 heterocycles. The van der Waals surface area contributed by atoms with Gasteiger partial charge in [-0.05, 0) is 6.08 Å². The van der Waals surface area contributed by atoms with Crippen LogP contribution in [0.5, 0.6) is 0 Å². The maximum absolute atomic E-state index is 12.4. The van der Waals surface area contributed by atoms with Crippen LogP contribution in [0.1, 0.15) is 6.42 Å². The molecule has 0 amide bonds. The number of halogens is 3. The molecule has 17 heavy (non-hydrogen) atoms. The zero-order valence-corrected chi connectivity index (χ0v) is 8.10. The van der Waals surface area contributed by atoms with E-state index in [0.29, 0.717) is 6.08 Å². The highest BCUT2D eigenvalue weighted by Gasteiger charge is 2.57. The molecule has 0 bridgehead atoms. The summed E-state index contributed by atoms with van der Waals surface area (Å²) in [6, 6.07) is 0. The molecule has 0 unspecified atom stereocenters. The van der Waals surface area contributed by atoms with Gasteiger partial charge in [-0.25, -0.2) is 0 Å². The van der Waals surface area contributed by atoms with Crippen molar-refractivity contribution in [3.8, 4) is 0 Å². The van der Waals surface area contributed by atoms with Gasteiger partial charge in [0.15, 0.2) is 0 Å². The van der Waals surface area contributed by atoms with Crippen molar-refractivity contribution in [3.63, 3.8) is 0 Å². The Labute approximate surface area is 91.7 Å². The summed E-state index contributed by atoms with van der Waals surface area (Å²) in [7, 11) is 0. The van der Waals surface area contributed by atoms with E-state index in [1.165, 1.54) is 0 Å². The third-order valence-corrected chi connectivity index (χ3v) is 2.25. The minimum absolute atomic E-state index is 0.0532. The van der Waals surface area contributed by atoms with E-state index in [9.17, 15) is 33.4 Å². The molecule has 0 aromatic heterocycles. The largest absolute Gasteiger partial charge is 0.482 e. The lowest BCUT2D eigenvalue weighted by molar-refractivity contribution is -0.780. The molecular formula is C7H6F3N3O4. The summed E-state index contributed by atoms with van der Waals surface area (Å²) >= 11 is 0. The van der Waals surface area contributed by atoms with Gasteiger partial charge in [0.2, 0.25) is 0 Å². The summed E-state index contributed by atoms with van der Waals surface area (Å²) in [5.74, 6) is 0. The van der Waals surface area contributed by atoms with Crippen molar-refractivity contribution in [1.29, 1.82) is 0 Å². The van der Waals surface area contributed by atoms with Crippen molar-refractivity contribution in [2.45, 2.75) is 18.3 Å². The second-order valence-corrected chi connectivity index (χ2v) is 3.31. The van der Waals surface area contributed by atoms with Crippen molar-refractivity contribution in [1.82, 2.24) is 0 Å². The van der Waals surface area contributed by atoms with Crippen molar-refractivity contribution < 1.29 is 23.0 Å². The maximum atomic E-state index is 12.4. The number of allylic oxidation sites excluding steroid dienone is 1. The lowest BCUT2D eigenvalue weighted by atomic mass is 9.94. The van der Waals surface area contributed by atoms with E-state index in [1.807, 2.05) is 0 Å². The van der Waals surface area contributed by atoms with Crippen LogP contribution < -0.4 is 5.73 Å². The Kier molecular flexibility index (Phi) is 2.83. The van der Waals surface area contributed by atoms with Crippen molar-refractivity contribution in [2.75, 3.05) is 0 Å². The SMILES string of the molecule is NC1=CCC([N+](=O)[O-])([N+](=O)[O-])C=C1C(F)(F)F. The van der Waals surface area contributed by atoms with E-state index in [4.69, 9.17) is 5.73 Å². The van der Waals surface area contributed by atoms with Crippen LogP contribution in [0.4, 0.5) is 13.2 Å². The molecule has 0 aliphatic heterocycles. The monoisotopic (exact) mass is 253 g/mol. The van der Waals surface area contributed by atoms with Crippen LogP contribution in [0.15, 0.2) is 23.4 Å². The second kappa shape index (κ2) is 3.71. The Morgan fingerprint density at radius 2 is 1.76 bits per heavy atom. The summed E-state index contributed by atoms with van der Waals surface area (Å²) < 4.78 is 37.3. The zero-order valence-electron chi connectivity index (χ0n) is 8.10. The van der Waals surface area contributed by atoms with Crippen molar-refractivity contribution >= 4 is 0 Å². The second-order valence-electron chi connectivity index (χ2n) is 3.31. The van der Waals surface area contributed by atoms with E-state index >= 15 is 0 Å². The number of hydrogen-bond acceptors (Lipinski definition) is 5. The minimum Gasteiger partial charge on any atom is -0.398 e. The van der Waals surface area contributed by atoms with Gasteiger partial charge < -0.3 is 5.73 Å². The average molecular weight is 253 g/mol. The van der Waals surface area contributed by atoms with Crippen LogP contribution in [0.25, 0.3) is 0 Å². The fourth-order valence-electron chi connectivity index (χ4n) is 1.31. The summed E-state index contributed by atoms with van der Waals surface area (Å²) in [4.78, 5) is 18.4. The molecule has 2 N–H and O–H groups in total. The lowest BCUT2D eigenvalue weighted by Crippen LogP contribution is -2.47.